The summed E-state index contributed by atoms with van der Waals surface area (Å²) in [5, 5.41) is 10.6. The van der Waals surface area contributed by atoms with Crippen LogP contribution in [-0.2, 0) is 0 Å². The molecule has 0 saturated heterocycles. The molecule has 0 atom stereocenters. The van der Waals surface area contributed by atoms with Crippen molar-refractivity contribution in [3.05, 3.63) is 57.6 Å². The van der Waals surface area contributed by atoms with Gasteiger partial charge in [0.05, 0.1) is 0 Å². The van der Waals surface area contributed by atoms with Crippen LogP contribution in [0, 0.1) is 13.8 Å². The first-order chi connectivity index (χ1) is 10.0. The number of hydrogen-bond acceptors (Lipinski definition) is 2. The van der Waals surface area contributed by atoms with E-state index in [0.717, 1.165) is 22.5 Å². The zero-order chi connectivity index (χ0) is 15.4. The number of benzene rings is 2. The van der Waals surface area contributed by atoms with Crippen molar-refractivity contribution in [2.45, 2.75) is 20.2 Å². The van der Waals surface area contributed by atoms with Gasteiger partial charge in [-0.15, -0.1) is 0 Å². The molecule has 2 aromatic carbocycles. The summed E-state index contributed by atoms with van der Waals surface area (Å²) in [6, 6.07) is 11.7. The van der Waals surface area contributed by atoms with Crippen LogP contribution in [0.25, 0.3) is 0 Å². The van der Waals surface area contributed by atoms with Gasteiger partial charge in [0.15, 0.2) is 0 Å². The largest absolute Gasteiger partial charge is 0.454 e. The molecule has 0 aliphatic heterocycles. The van der Waals surface area contributed by atoms with Crippen molar-refractivity contribution in [1.82, 2.24) is 0 Å². The van der Waals surface area contributed by atoms with Crippen LogP contribution in [0.3, 0.4) is 0 Å². The van der Waals surface area contributed by atoms with Gasteiger partial charge in [0.25, 0.3) is 7.48 Å². The number of rotatable bonds is 5. The highest BCUT2D eigenvalue weighted by Crippen LogP contribution is 2.34. The maximum Gasteiger partial charge on any atom is 0.272 e. The van der Waals surface area contributed by atoms with Crippen molar-refractivity contribution in [3.63, 3.8) is 0 Å². The number of halogens is 2. The third-order valence-corrected chi connectivity index (χ3v) is 3.93. The maximum absolute atomic E-state index is 9.18. The molecule has 0 aliphatic carbocycles. The predicted octanol–water partition coefficient (Wildman–Crippen LogP) is 4.51. The van der Waals surface area contributed by atoms with Crippen molar-refractivity contribution >= 4 is 42.1 Å². The van der Waals surface area contributed by atoms with Gasteiger partial charge in [-0.2, -0.15) is 0 Å². The predicted molar refractivity (Wildman–Crippen MR) is 93.6 cm³/mol. The Bertz CT molecular complexity index is 582. The molecule has 0 amide bonds. The molecule has 0 spiro atoms. The van der Waals surface area contributed by atoms with E-state index in [-0.39, 0.29) is 7.48 Å². The second-order valence-electron chi connectivity index (χ2n) is 5.09. The number of aryl methyl sites for hydroxylation is 2. The van der Waals surface area contributed by atoms with Crippen molar-refractivity contribution in [3.8, 4) is 0 Å². The highest BCUT2D eigenvalue weighted by atomic mass is 35.5. The number of hydrogen-bond donors (Lipinski definition) is 1. The number of nitrogens with zero attached hydrogens (tertiary/aromatic N) is 1. The summed E-state index contributed by atoms with van der Waals surface area (Å²) < 4.78 is 0. The monoisotopic (exact) mass is 321 g/mol. The molecule has 0 unspecified atom stereocenters. The SMILES string of the molecule is Cc1ccc(Cl)cc1N(CCBO)c1cc(Cl)ccc1C. The fraction of sp³-hybridized carbons (Fsp3) is 0.250. The topological polar surface area (TPSA) is 23.5 Å². The molecule has 0 aliphatic rings. The first kappa shape index (κ1) is 16.2. The van der Waals surface area contributed by atoms with E-state index in [9.17, 15) is 5.02 Å². The van der Waals surface area contributed by atoms with Gasteiger partial charge < -0.3 is 9.92 Å². The van der Waals surface area contributed by atoms with Gasteiger partial charge in [0.2, 0.25) is 0 Å². The molecular weight excluding hydrogens is 304 g/mol. The molecule has 2 rings (SSSR count). The Kier molecular flexibility index (Phi) is 5.57. The molecule has 1 N–H and O–H groups in total. The van der Waals surface area contributed by atoms with Gasteiger partial charge in [-0.25, -0.2) is 0 Å². The summed E-state index contributed by atoms with van der Waals surface area (Å²) >= 11 is 12.3. The Morgan fingerprint density at radius 2 is 1.43 bits per heavy atom. The van der Waals surface area contributed by atoms with Crippen LogP contribution >= 0.6 is 23.2 Å². The normalized spacial score (nSPS) is 10.5. The Balaban J connectivity index is 2.52. The molecule has 0 fully saturated rings. The molecule has 5 heteroatoms. The molecule has 0 heterocycles. The number of anilines is 2. The molecule has 110 valence electrons. The van der Waals surface area contributed by atoms with Crippen LogP contribution in [0.4, 0.5) is 11.4 Å². The summed E-state index contributed by atoms with van der Waals surface area (Å²) in [5.74, 6) is 0. The molecule has 0 saturated carbocycles. The smallest absolute Gasteiger partial charge is 0.272 e. The minimum absolute atomic E-state index is 0.149. The van der Waals surface area contributed by atoms with Gasteiger partial charge >= 0.3 is 0 Å². The zero-order valence-electron chi connectivity index (χ0n) is 12.2. The lowest BCUT2D eigenvalue weighted by atomic mass is 9.95. The third-order valence-electron chi connectivity index (χ3n) is 3.46. The molecule has 0 bridgehead atoms. The molecule has 0 radical (unpaired) electrons. The minimum atomic E-state index is 0.149. The molecular formula is C16H18BCl2NO. The first-order valence-electron chi connectivity index (χ1n) is 6.93. The second-order valence-corrected chi connectivity index (χ2v) is 5.96. The van der Waals surface area contributed by atoms with E-state index in [1.807, 2.05) is 36.4 Å². The van der Waals surface area contributed by atoms with Crippen LogP contribution in [0.15, 0.2) is 36.4 Å². The highest BCUT2D eigenvalue weighted by molar-refractivity contribution is 6.31. The third kappa shape index (κ3) is 3.94. The fourth-order valence-corrected chi connectivity index (χ4v) is 2.68. The summed E-state index contributed by atoms with van der Waals surface area (Å²) in [5.41, 5.74) is 4.36. The average Bonchev–Trinajstić information content (AvgIpc) is 2.46. The standard InChI is InChI=1S/C16H18BCl2NO/c1-11-3-5-13(18)9-15(11)20(8-7-17-21)16-10-14(19)6-4-12(16)2/h3-6,9-10,17,21H,7-8H2,1-2H3. The minimum Gasteiger partial charge on any atom is -0.454 e. The molecule has 2 nitrogen and oxygen atoms in total. The van der Waals surface area contributed by atoms with Crippen LogP contribution in [-0.4, -0.2) is 19.1 Å². The van der Waals surface area contributed by atoms with E-state index in [2.05, 4.69) is 18.7 Å². The lowest BCUT2D eigenvalue weighted by Gasteiger charge is -2.28. The Morgan fingerprint density at radius 1 is 0.952 bits per heavy atom. The van der Waals surface area contributed by atoms with E-state index in [1.54, 1.807) is 0 Å². The van der Waals surface area contributed by atoms with Crippen LogP contribution < -0.4 is 4.90 Å². The first-order valence-corrected chi connectivity index (χ1v) is 7.69. The maximum atomic E-state index is 9.18. The lowest BCUT2D eigenvalue weighted by molar-refractivity contribution is 0.599. The van der Waals surface area contributed by atoms with E-state index in [1.165, 1.54) is 0 Å². The van der Waals surface area contributed by atoms with Crippen molar-refractivity contribution < 1.29 is 5.02 Å². The quantitative estimate of drug-likeness (QED) is 0.819. The Morgan fingerprint density at radius 3 is 1.86 bits per heavy atom. The van der Waals surface area contributed by atoms with Crippen molar-refractivity contribution in [2.75, 3.05) is 11.4 Å². The summed E-state index contributed by atoms with van der Waals surface area (Å²) in [6.45, 7) is 4.81. The second kappa shape index (κ2) is 7.21. The zero-order valence-corrected chi connectivity index (χ0v) is 13.7. The van der Waals surface area contributed by atoms with E-state index in [0.29, 0.717) is 22.9 Å². The summed E-state index contributed by atoms with van der Waals surface area (Å²) in [6.07, 6.45) is 0.678. The van der Waals surface area contributed by atoms with Gasteiger partial charge in [-0.05, 0) is 55.6 Å². The average molecular weight is 322 g/mol. The Labute approximate surface area is 136 Å². The van der Waals surface area contributed by atoms with Crippen molar-refractivity contribution in [1.29, 1.82) is 0 Å². The molecule has 21 heavy (non-hydrogen) atoms. The summed E-state index contributed by atoms with van der Waals surface area (Å²) in [4.78, 5) is 2.17. The Hall–Kier alpha value is -1.16. The summed E-state index contributed by atoms with van der Waals surface area (Å²) in [7, 11) is 0.149. The van der Waals surface area contributed by atoms with E-state index in [4.69, 9.17) is 23.2 Å². The van der Waals surface area contributed by atoms with E-state index < -0.39 is 0 Å². The van der Waals surface area contributed by atoms with Crippen LogP contribution in [0.1, 0.15) is 11.1 Å². The van der Waals surface area contributed by atoms with Gasteiger partial charge in [0, 0.05) is 28.0 Å². The van der Waals surface area contributed by atoms with Gasteiger partial charge in [-0.3, -0.25) is 0 Å². The van der Waals surface area contributed by atoms with Crippen LogP contribution in [0.5, 0.6) is 0 Å². The van der Waals surface area contributed by atoms with Crippen molar-refractivity contribution in [2.24, 2.45) is 0 Å². The molecule has 2 aromatic rings. The highest BCUT2D eigenvalue weighted by Gasteiger charge is 2.15. The van der Waals surface area contributed by atoms with Gasteiger partial charge in [0.1, 0.15) is 0 Å². The van der Waals surface area contributed by atoms with Gasteiger partial charge in [-0.1, -0.05) is 35.3 Å². The lowest BCUT2D eigenvalue weighted by Crippen LogP contribution is -2.21. The van der Waals surface area contributed by atoms with E-state index >= 15 is 0 Å². The molecule has 0 aromatic heterocycles. The fourth-order valence-electron chi connectivity index (χ4n) is 2.35. The van der Waals surface area contributed by atoms with Crippen LogP contribution in [0.2, 0.25) is 16.4 Å².